The van der Waals surface area contributed by atoms with E-state index in [1.807, 2.05) is 0 Å². The smallest absolute Gasteiger partial charge is 0.390 e. The van der Waals surface area contributed by atoms with Gasteiger partial charge in [0.15, 0.2) is 0 Å². The summed E-state index contributed by atoms with van der Waals surface area (Å²) in [6.45, 7) is -0.0355. The van der Waals surface area contributed by atoms with Gasteiger partial charge < -0.3 is 10.6 Å². The van der Waals surface area contributed by atoms with E-state index >= 15 is 0 Å². The van der Waals surface area contributed by atoms with Gasteiger partial charge in [-0.1, -0.05) is 45.2 Å². The maximum atomic E-state index is 12.7. The van der Waals surface area contributed by atoms with Gasteiger partial charge in [0.1, 0.15) is 0 Å². The summed E-state index contributed by atoms with van der Waals surface area (Å²) >= 11 is 15.3. The van der Waals surface area contributed by atoms with Crippen molar-refractivity contribution in [3.05, 3.63) is 56.5 Å². The first-order valence-electron chi connectivity index (χ1n) is 6.96. The van der Waals surface area contributed by atoms with Crippen molar-refractivity contribution in [1.29, 1.82) is 0 Å². The lowest BCUT2D eigenvalue weighted by Gasteiger charge is -2.27. The van der Waals surface area contributed by atoms with Crippen LogP contribution in [0.15, 0.2) is 40.9 Å². The van der Waals surface area contributed by atoms with E-state index in [9.17, 15) is 13.2 Å². The fraction of sp³-hybridized carbons (Fsp3) is 0.250. The van der Waals surface area contributed by atoms with Crippen LogP contribution in [0, 0.1) is 0 Å². The molecule has 2 N–H and O–H groups in total. The molecule has 2 aromatic rings. The number of hydrogen-bond donors (Lipinski definition) is 1. The van der Waals surface area contributed by atoms with Gasteiger partial charge in [-0.05, 0) is 35.9 Å². The molecule has 0 saturated carbocycles. The Bertz CT molecular complexity index is 723. The molecule has 8 heteroatoms. The van der Waals surface area contributed by atoms with Crippen LogP contribution in [0.2, 0.25) is 10.0 Å². The van der Waals surface area contributed by atoms with Gasteiger partial charge in [-0.3, -0.25) is 0 Å². The molecule has 0 radical (unpaired) electrons. The normalized spacial score (nSPS) is 11.6. The molecule has 0 aliphatic carbocycles. The number of hydrogen-bond acceptors (Lipinski definition) is 2. The molecule has 0 spiro atoms. The maximum Gasteiger partial charge on any atom is 0.390 e. The van der Waals surface area contributed by atoms with E-state index in [-0.39, 0.29) is 13.1 Å². The van der Waals surface area contributed by atoms with Gasteiger partial charge in [-0.25, -0.2) is 0 Å². The largest absolute Gasteiger partial charge is 0.397 e. The van der Waals surface area contributed by atoms with Crippen LogP contribution in [0.4, 0.5) is 24.5 Å². The minimum absolute atomic E-state index is 0.192. The van der Waals surface area contributed by atoms with Crippen LogP contribution in [-0.2, 0) is 6.54 Å². The van der Waals surface area contributed by atoms with E-state index in [2.05, 4.69) is 15.9 Å². The van der Waals surface area contributed by atoms with Gasteiger partial charge in [0.05, 0.1) is 17.8 Å². The van der Waals surface area contributed by atoms with Crippen LogP contribution in [-0.4, -0.2) is 12.7 Å². The number of nitrogens with zero attached hydrogens (tertiary/aromatic N) is 1. The zero-order valence-corrected chi connectivity index (χ0v) is 15.5. The van der Waals surface area contributed by atoms with Gasteiger partial charge >= 0.3 is 6.18 Å². The highest BCUT2D eigenvalue weighted by Gasteiger charge is 2.28. The highest BCUT2D eigenvalue weighted by molar-refractivity contribution is 9.10. The second kappa shape index (κ2) is 7.85. The summed E-state index contributed by atoms with van der Waals surface area (Å²) in [6, 6.07) is 9.97. The first-order valence-corrected chi connectivity index (χ1v) is 8.51. The first-order chi connectivity index (χ1) is 11.2. The molecule has 0 heterocycles. The third kappa shape index (κ3) is 5.46. The molecule has 130 valence electrons. The second-order valence-electron chi connectivity index (χ2n) is 5.23. The third-order valence-corrected chi connectivity index (χ3v) is 4.45. The Morgan fingerprint density at radius 1 is 1.08 bits per heavy atom. The molecular weight excluding hydrogens is 428 g/mol. The number of halogens is 6. The molecule has 0 amide bonds. The van der Waals surface area contributed by atoms with Crippen molar-refractivity contribution in [2.75, 3.05) is 17.2 Å². The van der Waals surface area contributed by atoms with Crippen molar-refractivity contribution in [2.45, 2.75) is 19.1 Å². The molecule has 2 rings (SSSR count). The summed E-state index contributed by atoms with van der Waals surface area (Å²) in [5.41, 5.74) is 7.55. The minimum atomic E-state index is -4.26. The highest BCUT2D eigenvalue weighted by atomic mass is 79.9. The quantitative estimate of drug-likeness (QED) is 0.552. The zero-order valence-electron chi connectivity index (χ0n) is 12.4. The minimum Gasteiger partial charge on any atom is -0.397 e. The molecule has 24 heavy (non-hydrogen) atoms. The molecule has 2 nitrogen and oxygen atoms in total. The lowest BCUT2D eigenvalue weighted by molar-refractivity contribution is -0.132. The summed E-state index contributed by atoms with van der Waals surface area (Å²) in [4.78, 5) is 1.56. The molecule has 0 saturated heterocycles. The fourth-order valence-corrected chi connectivity index (χ4v) is 3.06. The van der Waals surface area contributed by atoms with Crippen LogP contribution in [0.5, 0.6) is 0 Å². The number of rotatable bonds is 5. The summed E-state index contributed by atoms with van der Waals surface area (Å²) in [5.74, 6) is 0. The molecule has 2 aromatic carbocycles. The number of nitrogen functional groups attached to an aromatic ring is 1. The second-order valence-corrected chi connectivity index (χ2v) is 6.98. The fourth-order valence-electron chi connectivity index (χ4n) is 2.22. The number of anilines is 2. The zero-order chi connectivity index (χ0) is 17.9. The van der Waals surface area contributed by atoms with E-state index in [1.54, 1.807) is 41.3 Å². The maximum absolute atomic E-state index is 12.7. The predicted octanol–water partition coefficient (Wildman–Crippen LogP) is 6.30. The molecule has 0 unspecified atom stereocenters. The summed E-state index contributed by atoms with van der Waals surface area (Å²) in [6.07, 6.45) is -5.21. The van der Waals surface area contributed by atoms with E-state index in [4.69, 9.17) is 28.9 Å². The van der Waals surface area contributed by atoms with Crippen molar-refractivity contribution < 1.29 is 13.2 Å². The topological polar surface area (TPSA) is 29.3 Å². The molecular formula is C16H14BrCl2F3N2. The monoisotopic (exact) mass is 440 g/mol. The average molecular weight is 442 g/mol. The van der Waals surface area contributed by atoms with Crippen molar-refractivity contribution in [3.63, 3.8) is 0 Å². The number of benzene rings is 2. The van der Waals surface area contributed by atoms with Crippen molar-refractivity contribution in [3.8, 4) is 0 Å². The van der Waals surface area contributed by atoms with Gasteiger partial charge in [0.25, 0.3) is 0 Å². The highest BCUT2D eigenvalue weighted by Crippen LogP contribution is 2.31. The van der Waals surface area contributed by atoms with Crippen molar-refractivity contribution in [1.82, 2.24) is 0 Å². The van der Waals surface area contributed by atoms with E-state index in [0.29, 0.717) is 27.0 Å². The molecule has 0 atom stereocenters. The summed E-state index contributed by atoms with van der Waals surface area (Å²) in [5, 5.41) is 0.865. The van der Waals surface area contributed by atoms with Gasteiger partial charge in [0.2, 0.25) is 0 Å². The van der Waals surface area contributed by atoms with Crippen molar-refractivity contribution >= 4 is 50.5 Å². The van der Waals surface area contributed by atoms with Crippen molar-refractivity contribution in [2.24, 2.45) is 0 Å². The lowest BCUT2D eigenvalue weighted by Crippen LogP contribution is -2.28. The Balaban J connectivity index is 2.31. The van der Waals surface area contributed by atoms with Gasteiger partial charge in [-0.15, -0.1) is 0 Å². The van der Waals surface area contributed by atoms with Crippen LogP contribution in [0.1, 0.15) is 12.0 Å². The predicted molar refractivity (Wildman–Crippen MR) is 96.7 cm³/mol. The number of nitrogens with two attached hydrogens (primary N) is 1. The van der Waals surface area contributed by atoms with Crippen LogP contribution in [0.25, 0.3) is 0 Å². The van der Waals surface area contributed by atoms with Gasteiger partial charge in [0, 0.05) is 27.6 Å². The van der Waals surface area contributed by atoms with E-state index in [1.165, 1.54) is 0 Å². The Hall–Kier alpha value is -1.11. The van der Waals surface area contributed by atoms with Crippen LogP contribution >= 0.6 is 39.1 Å². The first kappa shape index (κ1) is 19.2. The summed E-state index contributed by atoms with van der Waals surface area (Å²) < 4.78 is 38.7. The Morgan fingerprint density at radius 2 is 1.79 bits per heavy atom. The Kier molecular flexibility index (Phi) is 6.28. The lowest BCUT2D eigenvalue weighted by atomic mass is 10.1. The summed E-state index contributed by atoms with van der Waals surface area (Å²) in [7, 11) is 0. The van der Waals surface area contributed by atoms with Crippen LogP contribution < -0.4 is 10.6 Å². The van der Waals surface area contributed by atoms with Crippen LogP contribution in [0.3, 0.4) is 0 Å². The molecule has 0 aliphatic heterocycles. The molecule has 0 bridgehead atoms. The van der Waals surface area contributed by atoms with E-state index < -0.39 is 12.6 Å². The molecule has 0 fully saturated rings. The van der Waals surface area contributed by atoms with E-state index in [0.717, 1.165) is 4.47 Å². The molecule has 0 aromatic heterocycles. The molecule has 0 aliphatic rings. The Labute approximate surface area is 156 Å². The Morgan fingerprint density at radius 3 is 2.38 bits per heavy atom. The van der Waals surface area contributed by atoms with Gasteiger partial charge in [-0.2, -0.15) is 13.2 Å². The number of alkyl halides is 3. The average Bonchev–Trinajstić information content (AvgIpc) is 2.45. The third-order valence-electron chi connectivity index (χ3n) is 3.37. The SMILES string of the molecule is Nc1cc(Br)ccc1N(CCC(F)(F)F)Cc1ccc(Cl)cc1Cl. The standard InChI is InChI=1S/C16H14BrCl2F3N2/c17-11-2-4-15(14(23)7-11)24(6-5-16(20,21)22)9-10-1-3-12(18)8-13(10)19/h1-4,7-8H,5-6,9,23H2.